The summed E-state index contributed by atoms with van der Waals surface area (Å²) in [4.78, 5) is 27.9. The van der Waals surface area contributed by atoms with Gasteiger partial charge in [-0.05, 0) is 83.0 Å². The van der Waals surface area contributed by atoms with Crippen LogP contribution < -0.4 is 10.1 Å². The number of piperidine rings is 1. The fourth-order valence-corrected chi connectivity index (χ4v) is 5.66. The van der Waals surface area contributed by atoms with E-state index in [1.807, 2.05) is 23.1 Å². The SMILES string of the molecule is CC1(C)CN(C(=O)[C@H]2CCC[C@H]2NC(=O)Oc2ccccc2)CCC1c1ccc(I)cc1. The third-order valence-electron chi connectivity index (χ3n) is 6.90. The van der Waals surface area contributed by atoms with Crippen LogP contribution in [0, 0.1) is 14.9 Å². The molecule has 1 heterocycles. The Morgan fingerprint density at radius 2 is 1.75 bits per heavy atom. The maximum absolute atomic E-state index is 13.5. The molecule has 1 N–H and O–H groups in total. The Labute approximate surface area is 204 Å². The fourth-order valence-electron chi connectivity index (χ4n) is 5.30. The number of carbonyl (C=O) groups excluding carboxylic acids is 2. The van der Waals surface area contributed by atoms with E-state index in [0.717, 1.165) is 38.8 Å². The van der Waals surface area contributed by atoms with Gasteiger partial charge < -0.3 is 15.0 Å². The van der Waals surface area contributed by atoms with Crippen LogP contribution in [0.4, 0.5) is 4.79 Å². The molecule has 0 bridgehead atoms. The number of carbonyl (C=O) groups is 2. The van der Waals surface area contributed by atoms with Gasteiger partial charge in [0.1, 0.15) is 5.75 Å². The van der Waals surface area contributed by atoms with Gasteiger partial charge in [-0.25, -0.2) is 4.79 Å². The number of hydrogen-bond acceptors (Lipinski definition) is 3. The lowest BCUT2D eigenvalue weighted by molar-refractivity contribution is -0.139. The number of benzene rings is 2. The van der Waals surface area contributed by atoms with Crippen molar-refractivity contribution in [2.45, 2.75) is 51.5 Å². The molecule has 2 aromatic rings. The summed E-state index contributed by atoms with van der Waals surface area (Å²) in [5.41, 5.74) is 1.35. The van der Waals surface area contributed by atoms with E-state index in [9.17, 15) is 9.59 Å². The number of nitrogens with one attached hydrogen (secondary N) is 1. The molecular formula is C26H31IN2O3. The maximum atomic E-state index is 13.5. The predicted octanol–water partition coefficient (Wildman–Crippen LogP) is 5.59. The molecule has 2 aliphatic rings. The van der Waals surface area contributed by atoms with Gasteiger partial charge in [-0.3, -0.25) is 4.79 Å². The molecule has 2 amide bonds. The second kappa shape index (κ2) is 9.81. The molecule has 2 fully saturated rings. The van der Waals surface area contributed by atoms with Gasteiger partial charge in [-0.2, -0.15) is 0 Å². The van der Waals surface area contributed by atoms with Gasteiger partial charge in [0.25, 0.3) is 0 Å². The minimum absolute atomic E-state index is 0.00549. The van der Waals surface area contributed by atoms with Crippen LogP contribution in [0.1, 0.15) is 51.0 Å². The van der Waals surface area contributed by atoms with E-state index in [0.29, 0.717) is 11.7 Å². The van der Waals surface area contributed by atoms with Gasteiger partial charge in [0.05, 0.1) is 5.92 Å². The molecule has 1 saturated carbocycles. The zero-order chi connectivity index (χ0) is 22.7. The highest BCUT2D eigenvalue weighted by molar-refractivity contribution is 14.1. The number of amides is 2. The largest absolute Gasteiger partial charge is 0.412 e. The van der Waals surface area contributed by atoms with E-state index in [1.165, 1.54) is 9.13 Å². The van der Waals surface area contributed by atoms with Crippen LogP contribution in [-0.2, 0) is 4.79 Å². The first-order valence-corrected chi connectivity index (χ1v) is 12.5. The van der Waals surface area contributed by atoms with Crippen molar-refractivity contribution in [1.29, 1.82) is 0 Å². The average Bonchev–Trinajstić information content (AvgIpc) is 3.22. The molecule has 4 rings (SSSR count). The van der Waals surface area contributed by atoms with Gasteiger partial charge in [-0.15, -0.1) is 0 Å². The van der Waals surface area contributed by atoms with Crippen molar-refractivity contribution in [2.24, 2.45) is 11.3 Å². The molecule has 3 atom stereocenters. The van der Waals surface area contributed by atoms with E-state index in [2.05, 4.69) is 66.0 Å². The molecule has 6 heteroatoms. The summed E-state index contributed by atoms with van der Waals surface area (Å²) in [5, 5.41) is 2.95. The first-order chi connectivity index (χ1) is 15.3. The topological polar surface area (TPSA) is 58.6 Å². The normalized spacial score (nSPS) is 24.7. The highest BCUT2D eigenvalue weighted by Crippen LogP contribution is 2.43. The molecule has 0 aromatic heterocycles. The number of likely N-dealkylation sites (tertiary alicyclic amines) is 1. The van der Waals surface area contributed by atoms with E-state index in [-0.39, 0.29) is 23.3 Å². The highest BCUT2D eigenvalue weighted by Gasteiger charge is 2.42. The molecule has 0 radical (unpaired) electrons. The molecule has 1 aliphatic heterocycles. The Balaban J connectivity index is 1.38. The highest BCUT2D eigenvalue weighted by atomic mass is 127. The lowest BCUT2D eigenvalue weighted by Gasteiger charge is -2.45. The van der Waals surface area contributed by atoms with Gasteiger partial charge in [0.2, 0.25) is 5.91 Å². The maximum Gasteiger partial charge on any atom is 0.412 e. The number of halogens is 1. The summed E-state index contributed by atoms with van der Waals surface area (Å²) in [6.07, 6.45) is 3.03. The Bertz CT molecular complexity index is 945. The molecule has 1 aliphatic carbocycles. The van der Waals surface area contributed by atoms with E-state index >= 15 is 0 Å². The monoisotopic (exact) mass is 546 g/mol. The molecule has 1 unspecified atom stereocenters. The lowest BCUT2D eigenvalue weighted by Crippen LogP contribution is -2.52. The smallest absolute Gasteiger partial charge is 0.410 e. The van der Waals surface area contributed by atoms with E-state index in [4.69, 9.17) is 4.74 Å². The molecule has 5 nitrogen and oxygen atoms in total. The van der Waals surface area contributed by atoms with Crippen LogP contribution in [-0.4, -0.2) is 36.0 Å². The van der Waals surface area contributed by atoms with Crippen LogP contribution >= 0.6 is 22.6 Å². The number of rotatable bonds is 4. The van der Waals surface area contributed by atoms with Crippen LogP contribution in [0.5, 0.6) is 5.75 Å². The summed E-state index contributed by atoms with van der Waals surface area (Å²) in [6.45, 7) is 6.02. The molecule has 170 valence electrons. The zero-order valence-corrected chi connectivity index (χ0v) is 20.9. The number of ether oxygens (including phenoxy) is 1. The lowest BCUT2D eigenvalue weighted by atomic mass is 9.70. The van der Waals surface area contributed by atoms with Gasteiger partial charge >= 0.3 is 6.09 Å². The Morgan fingerprint density at radius 1 is 1.03 bits per heavy atom. The molecule has 32 heavy (non-hydrogen) atoms. The van der Waals surface area contributed by atoms with Crippen LogP contribution in [0.15, 0.2) is 54.6 Å². The van der Waals surface area contributed by atoms with Gasteiger partial charge in [0.15, 0.2) is 0 Å². The van der Waals surface area contributed by atoms with E-state index < -0.39 is 6.09 Å². The van der Waals surface area contributed by atoms with Gasteiger partial charge in [-0.1, -0.05) is 50.6 Å². The van der Waals surface area contributed by atoms with Crippen LogP contribution in [0.25, 0.3) is 0 Å². The zero-order valence-electron chi connectivity index (χ0n) is 18.7. The van der Waals surface area contributed by atoms with Crippen molar-refractivity contribution in [3.8, 4) is 5.75 Å². The van der Waals surface area contributed by atoms with Crippen molar-refractivity contribution in [1.82, 2.24) is 10.2 Å². The summed E-state index contributed by atoms with van der Waals surface area (Å²) in [6, 6.07) is 17.6. The second-order valence-electron chi connectivity index (χ2n) is 9.63. The third kappa shape index (κ3) is 5.27. The standard InChI is InChI=1S/C26H31IN2O3/c1-26(2)17-29(16-15-22(26)18-11-13-19(27)14-12-18)24(30)21-9-6-10-23(21)28-25(31)32-20-7-4-3-5-8-20/h3-5,7-8,11-14,21-23H,6,9-10,15-17H2,1-2H3,(H,28,31)/t21-,22?,23+/m0/s1. The van der Waals surface area contributed by atoms with Gasteiger partial charge in [0, 0.05) is 22.7 Å². The summed E-state index contributed by atoms with van der Waals surface area (Å²) in [5.74, 6) is 0.929. The number of hydrogen-bond donors (Lipinski definition) is 1. The van der Waals surface area contributed by atoms with Crippen molar-refractivity contribution < 1.29 is 14.3 Å². The summed E-state index contributed by atoms with van der Waals surface area (Å²) >= 11 is 2.33. The minimum Gasteiger partial charge on any atom is -0.410 e. The quantitative estimate of drug-likeness (QED) is 0.509. The number of para-hydroxylation sites is 1. The Morgan fingerprint density at radius 3 is 2.44 bits per heavy atom. The van der Waals surface area contributed by atoms with E-state index in [1.54, 1.807) is 12.1 Å². The number of nitrogens with zero attached hydrogens (tertiary/aromatic N) is 1. The summed E-state index contributed by atoms with van der Waals surface area (Å²) in [7, 11) is 0. The first-order valence-electron chi connectivity index (χ1n) is 11.4. The van der Waals surface area contributed by atoms with Crippen molar-refractivity contribution in [3.05, 3.63) is 63.7 Å². The second-order valence-corrected chi connectivity index (χ2v) is 10.9. The first kappa shape index (κ1) is 23.1. The Kier molecular flexibility index (Phi) is 7.08. The third-order valence-corrected chi connectivity index (χ3v) is 7.62. The molecular weight excluding hydrogens is 515 g/mol. The van der Waals surface area contributed by atoms with Crippen molar-refractivity contribution in [2.75, 3.05) is 13.1 Å². The fraction of sp³-hybridized carbons (Fsp3) is 0.462. The van der Waals surface area contributed by atoms with Crippen LogP contribution in [0.2, 0.25) is 0 Å². The molecule has 1 saturated heterocycles. The van der Waals surface area contributed by atoms with Crippen molar-refractivity contribution >= 4 is 34.6 Å². The predicted molar refractivity (Wildman–Crippen MR) is 134 cm³/mol. The minimum atomic E-state index is -0.487. The summed E-state index contributed by atoms with van der Waals surface area (Å²) < 4.78 is 6.62. The molecule has 2 aromatic carbocycles. The van der Waals surface area contributed by atoms with Crippen molar-refractivity contribution in [3.63, 3.8) is 0 Å². The average molecular weight is 546 g/mol. The Hall–Kier alpha value is -2.09. The molecule has 0 spiro atoms. The van der Waals surface area contributed by atoms with Crippen LogP contribution in [0.3, 0.4) is 0 Å².